The molecule has 0 aromatic heterocycles. The van der Waals surface area contributed by atoms with Crippen LogP contribution in [0.25, 0.3) is 0 Å². The molecule has 1 saturated heterocycles. The molecule has 0 aliphatic carbocycles. The van der Waals surface area contributed by atoms with Gasteiger partial charge in [-0.2, -0.15) is 0 Å². The summed E-state index contributed by atoms with van der Waals surface area (Å²) in [4.78, 5) is 0. The Hall–Kier alpha value is -0.730. The van der Waals surface area contributed by atoms with E-state index in [-0.39, 0.29) is 6.61 Å². The summed E-state index contributed by atoms with van der Waals surface area (Å²) in [6, 6.07) is 8.53. The van der Waals surface area contributed by atoms with E-state index in [1.165, 1.54) is 0 Å². The number of benzene rings is 1. The molecule has 1 unspecified atom stereocenters. The maximum Gasteiger partial charge on any atom is 0.276 e. The van der Waals surface area contributed by atoms with Gasteiger partial charge in [0.1, 0.15) is 24.4 Å². The fourth-order valence-corrected chi connectivity index (χ4v) is 2.28. The van der Waals surface area contributed by atoms with Gasteiger partial charge in [0.25, 0.3) is 5.25 Å². The van der Waals surface area contributed by atoms with Crippen LogP contribution in [0.1, 0.15) is 5.56 Å². The minimum atomic E-state index is -1.75. The first-order valence-corrected chi connectivity index (χ1v) is 6.57. The van der Waals surface area contributed by atoms with Gasteiger partial charge < -0.3 is 29.9 Å². The number of halogens is 1. The molecule has 1 aliphatic rings. The third-order valence-corrected chi connectivity index (χ3v) is 3.56. The van der Waals surface area contributed by atoms with Crippen molar-refractivity contribution in [1.29, 1.82) is 0 Å². The van der Waals surface area contributed by atoms with Crippen molar-refractivity contribution in [2.45, 2.75) is 29.7 Å². The first kappa shape index (κ1) is 15.7. The number of alkyl halides is 1. The monoisotopic (exact) mass is 304 g/mol. The van der Waals surface area contributed by atoms with Crippen LogP contribution in [-0.4, -0.2) is 58.1 Å². The highest BCUT2D eigenvalue weighted by atomic mass is 35.5. The molecule has 0 saturated carbocycles. The van der Waals surface area contributed by atoms with E-state index in [2.05, 4.69) is 0 Å². The van der Waals surface area contributed by atoms with Crippen LogP contribution in [-0.2, 0) is 14.7 Å². The van der Waals surface area contributed by atoms with Crippen molar-refractivity contribution in [3.63, 3.8) is 0 Å². The summed E-state index contributed by atoms with van der Waals surface area (Å²) >= 11 is 6.27. The standard InChI is InChI=1S/C13H17ClO6/c14-13(8-4-2-1-3-5-8)19-7-10(17)11(18)12(20-13)9(16)6-15/h1-5,9-12,15-18H,6-7H2/t9-,10+,11+,12+,13?/m1/s1. The Morgan fingerprint density at radius 1 is 1.30 bits per heavy atom. The molecule has 0 bridgehead atoms. The normalized spacial score (nSPS) is 36.4. The third-order valence-electron chi connectivity index (χ3n) is 3.14. The Balaban J connectivity index is 2.31. The zero-order chi connectivity index (χ0) is 14.8. The van der Waals surface area contributed by atoms with Gasteiger partial charge in [0, 0.05) is 5.56 Å². The highest BCUT2D eigenvalue weighted by Gasteiger charge is 2.45. The van der Waals surface area contributed by atoms with Gasteiger partial charge in [-0.1, -0.05) is 41.9 Å². The average Bonchev–Trinajstić information content (AvgIpc) is 2.60. The zero-order valence-electron chi connectivity index (χ0n) is 10.6. The van der Waals surface area contributed by atoms with Gasteiger partial charge in [0.05, 0.1) is 13.2 Å². The molecular weight excluding hydrogens is 288 g/mol. The van der Waals surface area contributed by atoms with Gasteiger partial charge in [0.15, 0.2) is 0 Å². The van der Waals surface area contributed by atoms with Crippen molar-refractivity contribution < 1.29 is 29.9 Å². The molecule has 1 aliphatic heterocycles. The highest BCUT2D eigenvalue weighted by molar-refractivity contribution is 6.22. The second-order valence-corrected chi connectivity index (χ2v) is 5.10. The zero-order valence-corrected chi connectivity index (χ0v) is 11.3. The summed E-state index contributed by atoms with van der Waals surface area (Å²) in [7, 11) is 0. The van der Waals surface area contributed by atoms with E-state index in [1.807, 2.05) is 0 Å². The first-order chi connectivity index (χ1) is 9.48. The Morgan fingerprint density at radius 3 is 2.55 bits per heavy atom. The molecule has 2 rings (SSSR count). The molecule has 0 spiro atoms. The highest BCUT2D eigenvalue weighted by Crippen LogP contribution is 2.37. The molecule has 1 aromatic rings. The van der Waals surface area contributed by atoms with Gasteiger partial charge in [-0.15, -0.1) is 0 Å². The second-order valence-electron chi connectivity index (χ2n) is 4.60. The summed E-state index contributed by atoms with van der Waals surface area (Å²) in [5.41, 5.74) is 0.457. The summed E-state index contributed by atoms with van der Waals surface area (Å²) in [5, 5.41) is 36.6. The molecule has 6 nitrogen and oxygen atoms in total. The lowest BCUT2D eigenvalue weighted by atomic mass is 10.0. The van der Waals surface area contributed by atoms with Crippen molar-refractivity contribution in [3.8, 4) is 0 Å². The Morgan fingerprint density at radius 2 is 1.95 bits per heavy atom. The first-order valence-electron chi connectivity index (χ1n) is 6.19. The number of aliphatic hydroxyl groups is 4. The van der Waals surface area contributed by atoms with Gasteiger partial charge in [-0.25, -0.2) is 0 Å². The molecule has 5 atom stereocenters. The van der Waals surface area contributed by atoms with Crippen molar-refractivity contribution in [3.05, 3.63) is 35.9 Å². The lowest BCUT2D eigenvalue weighted by Crippen LogP contribution is -2.48. The van der Waals surface area contributed by atoms with Crippen LogP contribution >= 0.6 is 11.6 Å². The van der Waals surface area contributed by atoms with Crippen LogP contribution < -0.4 is 0 Å². The van der Waals surface area contributed by atoms with E-state index in [0.717, 1.165) is 0 Å². The SMILES string of the molecule is OC[C@@H](O)[C@@H]1OC(Cl)(c2ccccc2)OC[C@H](O)[C@@H]1O. The van der Waals surface area contributed by atoms with Crippen LogP contribution in [0.15, 0.2) is 30.3 Å². The maximum absolute atomic E-state index is 9.91. The van der Waals surface area contributed by atoms with Gasteiger partial charge in [0.2, 0.25) is 0 Å². The topological polar surface area (TPSA) is 99.4 Å². The molecule has 1 aromatic carbocycles. The van der Waals surface area contributed by atoms with Crippen LogP contribution in [0.4, 0.5) is 0 Å². The van der Waals surface area contributed by atoms with E-state index in [4.69, 9.17) is 26.2 Å². The third kappa shape index (κ3) is 3.12. The summed E-state index contributed by atoms with van der Waals surface area (Å²) in [6.07, 6.45) is -5.40. The minimum Gasteiger partial charge on any atom is -0.394 e. The average molecular weight is 305 g/mol. The number of ether oxygens (including phenoxy) is 2. The second kappa shape index (κ2) is 6.36. The van der Waals surface area contributed by atoms with Crippen molar-refractivity contribution in [2.24, 2.45) is 0 Å². The quantitative estimate of drug-likeness (QED) is 0.563. The number of aliphatic hydroxyl groups excluding tert-OH is 4. The molecule has 0 radical (unpaired) electrons. The molecule has 1 fully saturated rings. The largest absolute Gasteiger partial charge is 0.394 e. The van der Waals surface area contributed by atoms with E-state index in [9.17, 15) is 15.3 Å². The van der Waals surface area contributed by atoms with Gasteiger partial charge >= 0.3 is 0 Å². The molecule has 7 heteroatoms. The predicted molar refractivity (Wildman–Crippen MR) is 69.9 cm³/mol. The fraction of sp³-hybridized carbons (Fsp3) is 0.538. The summed E-state index contributed by atoms with van der Waals surface area (Å²) in [5.74, 6) is 0. The Kier molecular flexibility index (Phi) is 4.98. The molecule has 1 heterocycles. The number of hydrogen-bond acceptors (Lipinski definition) is 6. The van der Waals surface area contributed by atoms with Crippen LogP contribution in [0.2, 0.25) is 0 Å². The van der Waals surface area contributed by atoms with Gasteiger partial charge in [-0.3, -0.25) is 0 Å². The van der Waals surface area contributed by atoms with Gasteiger partial charge in [-0.05, 0) is 0 Å². The molecule has 112 valence electrons. The lowest BCUT2D eigenvalue weighted by molar-refractivity contribution is -0.227. The van der Waals surface area contributed by atoms with E-state index in [0.29, 0.717) is 5.56 Å². The Labute approximate surface area is 121 Å². The maximum atomic E-state index is 9.91. The van der Waals surface area contributed by atoms with Crippen LogP contribution in [0.3, 0.4) is 0 Å². The molecular formula is C13H17ClO6. The molecule has 20 heavy (non-hydrogen) atoms. The number of hydrogen-bond donors (Lipinski definition) is 4. The van der Waals surface area contributed by atoms with Crippen molar-refractivity contribution >= 4 is 11.6 Å². The fourth-order valence-electron chi connectivity index (χ4n) is 1.99. The lowest BCUT2D eigenvalue weighted by Gasteiger charge is -2.32. The molecule has 0 amide bonds. The molecule has 4 N–H and O–H groups in total. The number of rotatable bonds is 3. The van der Waals surface area contributed by atoms with E-state index < -0.39 is 36.3 Å². The predicted octanol–water partition coefficient (Wildman–Crippen LogP) is -0.474. The van der Waals surface area contributed by atoms with Crippen molar-refractivity contribution in [2.75, 3.05) is 13.2 Å². The smallest absolute Gasteiger partial charge is 0.276 e. The summed E-state index contributed by atoms with van der Waals surface area (Å²) < 4.78 is 10.8. The van der Waals surface area contributed by atoms with Crippen molar-refractivity contribution in [1.82, 2.24) is 0 Å². The van der Waals surface area contributed by atoms with Crippen LogP contribution in [0.5, 0.6) is 0 Å². The van der Waals surface area contributed by atoms with Crippen LogP contribution in [0, 0.1) is 0 Å². The van der Waals surface area contributed by atoms with E-state index in [1.54, 1.807) is 30.3 Å². The minimum absolute atomic E-state index is 0.270. The summed E-state index contributed by atoms with van der Waals surface area (Å²) in [6.45, 7) is -0.912. The Bertz CT molecular complexity index is 430. The van der Waals surface area contributed by atoms with E-state index >= 15 is 0 Å².